The number of likely N-dealkylation sites (tertiary alicyclic amines) is 1. The van der Waals surface area contributed by atoms with E-state index in [1.54, 1.807) is 0 Å². The number of piperidine rings is 1. The van der Waals surface area contributed by atoms with Crippen LogP contribution in [0.4, 0.5) is 0 Å². The number of nitrogens with zero attached hydrogens (tertiary/aromatic N) is 1. The molecule has 1 heterocycles. The van der Waals surface area contributed by atoms with E-state index in [0.717, 1.165) is 38.6 Å². The van der Waals surface area contributed by atoms with Crippen LogP contribution >= 0.6 is 0 Å². The molecular formula is C14H28N2O. The minimum Gasteiger partial charge on any atom is -0.339 e. The minimum absolute atomic E-state index is 0.175. The van der Waals surface area contributed by atoms with Crippen LogP contribution in [0, 0.1) is 5.92 Å². The summed E-state index contributed by atoms with van der Waals surface area (Å²) in [6, 6.07) is 0.574. The van der Waals surface area contributed by atoms with E-state index in [1.807, 2.05) is 6.92 Å². The molecule has 100 valence electrons. The molecule has 0 bridgehead atoms. The lowest BCUT2D eigenvalue weighted by molar-refractivity contribution is -0.139. The Kier molecular flexibility index (Phi) is 5.96. The molecule has 1 fully saturated rings. The molecule has 1 saturated heterocycles. The van der Waals surface area contributed by atoms with Crippen LogP contribution in [0.15, 0.2) is 0 Å². The first kappa shape index (κ1) is 14.5. The monoisotopic (exact) mass is 240 g/mol. The largest absolute Gasteiger partial charge is 0.339 e. The molecule has 0 aromatic heterocycles. The van der Waals surface area contributed by atoms with Gasteiger partial charge in [-0.2, -0.15) is 0 Å². The second-order valence-corrected chi connectivity index (χ2v) is 5.58. The van der Waals surface area contributed by atoms with Gasteiger partial charge in [-0.3, -0.25) is 4.79 Å². The highest BCUT2D eigenvalue weighted by molar-refractivity contribution is 5.78. The van der Waals surface area contributed by atoms with Crippen molar-refractivity contribution in [2.24, 2.45) is 11.7 Å². The highest BCUT2D eigenvalue weighted by Gasteiger charge is 2.29. The summed E-state index contributed by atoms with van der Waals surface area (Å²) in [6.45, 7) is 7.17. The highest BCUT2D eigenvalue weighted by atomic mass is 16.2. The van der Waals surface area contributed by atoms with Gasteiger partial charge in [-0.05, 0) is 39.0 Å². The molecule has 3 atom stereocenters. The summed E-state index contributed by atoms with van der Waals surface area (Å²) in [7, 11) is 0. The molecule has 0 radical (unpaired) electrons. The van der Waals surface area contributed by atoms with E-state index in [9.17, 15) is 4.79 Å². The van der Waals surface area contributed by atoms with Gasteiger partial charge in [0.1, 0.15) is 0 Å². The third-order valence-electron chi connectivity index (χ3n) is 3.70. The summed E-state index contributed by atoms with van der Waals surface area (Å²) >= 11 is 0. The zero-order chi connectivity index (χ0) is 12.8. The zero-order valence-corrected chi connectivity index (χ0v) is 11.6. The molecule has 0 aromatic carbocycles. The zero-order valence-electron chi connectivity index (χ0n) is 11.6. The van der Waals surface area contributed by atoms with E-state index < -0.39 is 0 Å². The van der Waals surface area contributed by atoms with Crippen molar-refractivity contribution in [1.29, 1.82) is 0 Å². The molecule has 3 heteroatoms. The minimum atomic E-state index is 0.175. The Balaban J connectivity index is 2.60. The molecule has 0 saturated carbocycles. The molecule has 0 aliphatic carbocycles. The molecule has 1 aliphatic heterocycles. The Morgan fingerprint density at radius 1 is 1.41 bits per heavy atom. The lowest BCUT2D eigenvalue weighted by Crippen LogP contribution is -2.47. The van der Waals surface area contributed by atoms with Crippen LogP contribution in [0.25, 0.3) is 0 Å². The van der Waals surface area contributed by atoms with Crippen molar-refractivity contribution in [3.8, 4) is 0 Å². The summed E-state index contributed by atoms with van der Waals surface area (Å²) in [5.74, 6) is 0.519. The fourth-order valence-corrected chi connectivity index (χ4v) is 2.80. The second kappa shape index (κ2) is 7.00. The number of hydrogen-bond acceptors (Lipinski definition) is 2. The Morgan fingerprint density at radius 2 is 2.12 bits per heavy atom. The van der Waals surface area contributed by atoms with Gasteiger partial charge < -0.3 is 10.6 Å². The SMILES string of the molecule is CCCC(C)C(=O)N1CCCCC1CC(C)N. The maximum absolute atomic E-state index is 12.4. The quantitative estimate of drug-likeness (QED) is 0.802. The van der Waals surface area contributed by atoms with Crippen LogP contribution in [0.2, 0.25) is 0 Å². The molecule has 1 rings (SSSR count). The van der Waals surface area contributed by atoms with E-state index in [1.165, 1.54) is 6.42 Å². The van der Waals surface area contributed by atoms with Gasteiger partial charge in [0, 0.05) is 24.5 Å². The number of carbonyl (C=O) groups excluding carboxylic acids is 1. The number of hydrogen-bond donors (Lipinski definition) is 1. The summed E-state index contributed by atoms with van der Waals surface area (Å²) in [5, 5.41) is 0. The number of rotatable bonds is 5. The second-order valence-electron chi connectivity index (χ2n) is 5.58. The van der Waals surface area contributed by atoms with Crippen LogP contribution < -0.4 is 5.73 Å². The van der Waals surface area contributed by atoms with Gasteiger partial charge in [0.2, 0.25) is 5.91 Å². The Labute approximate surface area is 106 Å². The number of nitrogens with two attached hydrogens (primary N) is 1. The van der Waals surface area contributed by atoms with Crippen molar-refractivity contribution in [3.05, 3.63) is 0 Å². The van der Waals surface area contributed by atoms with Crippen LogP contribution in [0.1, 0.15) is 59.3 Å². The predicted molar refractivity (Wildman–Crippen MR) is 71.7 cm³/mol. The van der Waals surface area contributed by atoms with Crippen LogP contribution in [-0.4, -0.2) is 29.4 Å². The summed E-state index contributed by atoms with van der Waals surface area (Å²) < 4.78 is 0. The van der Waals surface area contributed by atoms with Crippen molar-refractivity contribution in [3.63, 3.8) is 0 Å². The first-order valence-electron chi connectivity index (χ1n) is 7.12. The van der Waals surface area contributed by atoms with Gasteiger partial charge in [0.05, 0.1) is 0 Å². The maximum Gasteiger partial charge on any atom is 0.225 e. The van der Waals surface area contributed by atoms with Crippen molar-refractivity contribution in [1.82, 2.24) is 4.90 Å². The summed E-state index contributed by atoms with van der Waals surface area (Å²) in [6.07, 6.45) is 6.55. The standard InChI is InChI=1S/C14H28N2O/c1-4-7-11(2)14(17)16-9-6-5-8-13(16)10-12(3)15/h11-13H,4-10,15H2,1-3H3. The smallest absolute Gasteiger partial charge is 0.225 e. The van der Waals surface area contributed by atoms with Crippen molar-refractivity contribution in [2.75, 3.05) is 6.54 Å². The highest BCUT2D eigenvalue weighted by Crippen LogP contribution is 2.23. The molecule has 3 unspecified atom stereocenters. The van der Waals surface area contributed by atoms with Gasteiger partial charge >= 0.3 is 0 Å². The normalized spacial score (nSPS) is 24.5. The van der Waals surface area contributed by atoms with Crippen molar-refractivity contribution < 1.29 is 4.79 Å². The molecule has 2 N–H and O–H groups in total. The van der Waals surface area contributed by atoms with Gasteiger partial charge in [-0.25, -0.2) is 0 Å². The fraction of sp³-hybridized carbons (Fsp3) is 0.929. The number of carbonyl (C=O) groups is 1. The van der Waals surface area contributed by atoms with Crippen LogP contribution in [0.3, 0.4) is 0 Å². The van der Waals surface area contributed by atoms with Gasteiger partial charge in [0.15, 0.2) is 0 Å². The van der Waals surface area contributed by atoms with Gasteiger partial charge in [-0.15, -0.1) is 0 Å². The van der Waals surface area contributed by atoms with Gasteiger partial charge in [0.25, 0.3) is 0 Å². The third kappa shape index (κ3) is 4.30. The lowest BCUT2D eigenvalue weighted by atomic mass is 9.94. The average Bonchev–Trinajstić information content (AvgIpc) is 2.28. The molecule has 17 heavy (non-hydrogen) atoms. The summed E-state index contributed by atoms with van der Waals surface area (Å²) in [4.78, 5) is 14.5. The topological polar surface area (TPSA) is 46.3 Å². The van der Waals surface area contributed by atoms with E-state index in [4.69, 9.17) is 5.73 Å². The maximum atomic E-state index is 12.4. The summed E-state index contributed by atoms with van der Waals surface area (Å²) in [5.41, 5.74) is 5.88. The van der Waals surface area contributed by atoms with Crippen molar-refractivity contribution >= 4 is 5.91 Å². The first-order chi connectivity index (χ1) is 8.06. The van der Waals surface area contributed by atoms with Crippen molar-refractivity contribution in [2.45, 2.75) is 71.4 Å². The molecular weight excluding hydrogens is 212 g/mol. The predicted octanol–water partition coefficient (Wildman–Crippen LogP) is 2.54. The fourth-order valence-electron chi connectivity index (χ4n) is 2.80. The average molecular weight is 240 g/mol. The molecule has 0 spiro atoms. The lowest BCUT2D eigenvalue weighted by Gasteiger charge is -2.38. The van der Waals surface area contributed by atoms with E-state index in [0.29, 0.717) is 11.9 Å². The third-order valence-corrected chi connectivity index (χ3v) is 3.70. The first-order valence-corrected chi connectivity index (χ1v) is 7.12. The van der Waals surface area contributed by atoms with E-state index in [-0.39, 0.29) is 12.0 Å². The Morgan fingerprint density at radius 3 is 2.71 bits per heavy atom. The Bertz CT molecular complexity index is 240. The van der Waals surface area contributed by atoms with Crippen LogP contribution in [0.5, 0.6) is 0 Å². The van der Waals surface area contributed by atoms with E-state index >= 15 is 0 Å². The number of amides is 1. The van der Waals surface area contributed by atoms with Gasteiger partial charge in [-0.1, -0.05) is 20.3 Å². The van der Waals surface area contributed by atoms with Crippen LogP contribution in [-0.2, 0) is 4.79 Å². The Hall–Kier alpha value is -0.570. The molecule has 0 aromatic rings. The van der Waals surface area contributed by atoms with E-state index in [2.05, 4.69) is 18.7 Å². The molecule has 3 nitrogen and oxygen atoms in total. The molecule has 1 aliphatic rings. The molecule has 1 amide bonds.